The summed E-state index contributed by atoms with van der Waals surface area (Å²) in [7, 11) is 0. The second kappa shape index (κ2) is 13.5. The zero-order chi connectivity index (χ0) is 27.1. The predicted molar refractivity (Wildman–Crippen MR) is 138 cm³/mol. The molecular formula is C31H38F4O3. The highest BCUT2D eigenvalue weighted by Crippen LogP contribution is 2.42. The fourth-order valence-electron chi connectivity index (χ4n) is 6.18. The van der Waals surface area contributed by atoms with Gasteiger partial charge in [0.2, 0.25) is 0 Å². The van der Waals surface area contributed by atoms with Crippen LogP contribution < -0.4 is 9.47 Å². The van der Waals surface area contributed by atoms with E-state index < -0.39 is 40.6 Å². The van der Waals surface area contributed by atoms with E-state index in [9.17, 15) is 22.4 Å². The molecule has 2 aliphatic rings. The van der Waals surface area contributed by atoms with Crippen LogP contribution >= 0.6 is 0 Å². The summed E-state index contributed by atoms with van der Waals surface area (Å²) >= 11 is 0. The summed E-state index contributed by atoms with van der Waals surface area (Å²) in [6.45, 7) is 2.76. The number of carbonyl (C=O) groups excluding carboxylic acids is 1. The summed E-state index contributed by atoms with van der Waals surface area (Å²) in [5.41, 5.74) is -0.414. The van der Waals surface area contributed by atoms with E-state index in [1.54, 1.807) is 0 Å². The minimum absolute atomic E-state index is 0.307. The fourth-order valence-corrected chi connectivity index (χ4v) is 6.18. The molecule has 0 aliphatic heterocycles. The summed E-state index contributed by atoms with van der Waals surface area (Å²) in [5.74, 6) is -3.91. The maximum absolute atomic E-state index is 14.6. The minimum atomic E-state index is -1.67. The molecule has 2 aromatic rings. The van der Waals surface area contributed by atoms with Gasteiger partial charge in [-0.2, -0.15) is 0 Å². The zero-order valence-electron chi connectivity index (χ0n) is 22.1. The van der Waals surface area contributed by atoms with Gasteiger partial charge in [-0.25, -0.2) is 22.4 Å². The lowest BCUT2D eigenvalue weighted by atomic mass is 9.69. The van der Waals surface area contributed by atoms with Crippen LogP contribution in [0.3, 0.4) is 0 Å². The van der Waals surface area contributed by atoms with E-state index in [4.69, 9.17) is 9.47 Å². The van der Waals surface area contributed by atoms with E-state index in [1.165, 1.54) is 76.3 Å². The van der Waals surface area contributed by atoms with Crippen LogP contribution in [-0.2, 0) is 0 Å². The third kappa shape index (κ3) is 7.51. The first-order valence-electron chi connectivity index (χ1n) is 14.1. The van der Waals surface area contributed by atoms with Crippen LogP contribution in [0.2, 0.25) is 0 Å². The summed E-state index contributed by atoms with van der Waals surface area (Å²) in [5, 5.41) is 0. The Labute approximate surface area is 222 Å². The molecule has 0 bridgehead atoms. The van der Waals surface area contributed by atoms with Gasteiger partial charge in [-0.15, -0.1) is 0 Å². The first-order valence-corrected chi connectivity index (χ1v) is 14.1. The molecule has 0 unspecified atom stereocenters. The lowest BCUT2D eigenvalue weighted by molar-refractivity contribution is 0.0728. The van der Waals surface area contributed by atoms with Crippen molar-refractivity contribution in [1.29, 1.82) is 0 Å². The van der Waals surface area contributed by atoms with Crippen LogP contribution in [0.4, 0.5) is 17.6 Å². The van der Waals surface area contributed by atoms with Crippen molar-refractivity contribution in [2.75, 3.05) is 6.61 Å². The van der Waals surface area contributed by atoms with Crippen LogP contribution in [0, 0.1) is 46.9 Å². The van der Waals surface area contributed by atoms with Gasteiger partial charge in [-0.3, -0.25) is 0 Å². The van der Waals surface area contributed by atoms with Gasteiger partial charge in [0.05, 0.1) is 12.2 Å². The summed E-state index contributed by atoms with van der Waals surface area (Å²) in [4.78, 5) is 12.3. The van der Waals surface area contributed by atoms with E-state index >= 15 is 0 Å². The molecule has 38 heavy (non-hydrogen) atoms. The summed E-state index contributed by atoms with van der Waals surface area (Å²) in [6.07, 6.45) is 15.6. The molecule has 0 radical (unpaired) electrons. The lowest BCUT2D eigenvalue weighted by Crippen LogP contribution is -2.27. The monoisotopic (exact) mass is 534 g/mol. The molecule has 2 aliphatic carbocycles. The third-order valence-electron chi connectivity index (χ3n) is 8.48. The largest absolute Gasteiger partial charge is 0.493 e. The van der Waals surface area contributed by atoms with Gasteiger partial charge >= 0.3 is 5.97 Å². The van der Waals surface area contributed by atoms with Gasteiger partial charge in [0.25, 0.3) is 0 Å². The molecule has 0 saturated heterocycles. The fraction of sp³-hybridized carbons (Fsp3) is 0.581. The first-order chi connectivity index (χ1) is 18.3. The maximum Gasteiger partial charge on any atom is 0.346 e. The topological polar surface area (TPSA) is 35.5 Å². The molecule has 0 amide bonds. The number of halogens is 4. The van der Waals surface area contributed by atoms with Crippen molar-refractivity contribution < 1.29 is 31.8 Å². The summed E-state index contributed by atoms with van der Waals surface area (Å²) < 4.78 is 65.0. The number of ether oxygens (including phenoxy) is 2. The van der Waals surface area contributed by atoms with Crippen molar-refractivity contribution in [3.05, 3.63) is 59.2 Å². The Balaban J connectivity index is 1.20. The number of unbranched alkanes of at least 4 members (excludes halogenated alkanes) is 2. The standard InChI is InChI=1S/C31H38F4O3/c1-2-3-4-5-20-6-10-22(11-7-20)23-12-8-21(9-13-23)19-37-24-14-15-26(27(32)16-24)31(36)38-25-17-28(33)30(35)29(34)18-25/h14-18,20-23H,2-13,19H2,1H3. The van der Waals surface area contributed by atoms with Gasteiger partial charge in [0.15, 0.2) is 17.5 Å². The second-order valence-electron chi connectivity index (χ2n) is 11.1. The number of carbonyl (C=O) groups is 1. The Hall–Kier alpha value is -2.57. The Morgan fingerprint density at radius 2 is 1.34 bits per heavy atom. The van der Waals surface area contributed by atoms with Gasteiger partial charge in [0.1, 0.15) is 17.3 Å². The van der Waals surface area contributed by atoms with Crippen LogP contribution in [0.15, 0.2) is 30.3 Å². The van der Waals surface area contributed by atoms with Crippen molar-refractivity contribution in [2.24, 2.45) is 23.7 Å². The summed E-state index contributed by atoms with van der Waals surface area (Å²) in [6, 6.07) is 4.84. The van der Waals surface area contributed by atoms with Gasteiger partial charge < -0.3 is 9.47 Å². The van der Waals surface area contributed by atoms with Crippen LogP contribution in [0.25, 0.3) is 0 Å². The second-order valence-corrected chi connectivity index (χ2v) is 11.1. The van der Waals surface area contributed by atoms with Crippen LogP contribution in [0.1, 0.15) is 94.3 Å². The Morgan fingerprint density at radius 3 is 1.92 bits per heavy atom. The van der Waals surface area contributed by atoms with Crippen molar-refractivity contribution in [1.82, 2.24) is 0 Å². The number of hydrogen-bond donors (Lipinski definition) is 0. The van der Waals surface area contributed by atoms with Gasteiger partial charge in [-0.1, -0.05) is 45.4 Å². The highest BCUT2D eigenvalue weighted by atomic mass is 19.2. The molecule has 3 nitrogen and oxygen atoms in total. The molecule has 2 fully saturated rings. The van der Waals surface area contributed by atoms with Crippen LogP contribution in [-0.4, -0.2) is 12.6 Å². The minimum Gasteiger partial charge on any atom is -0.493 e. The normalized spacial score (nSPS) is 23.7. The molecule has 0 N–H and O–H groups in total. The van der Waals surface area contributed by atoms with Crippen LogP contribution in [0.5, 0.6) is 11.5 Å². The molecule has 2 saturated carbocycles. The average molecular weight is 535 g/mol. The van der Waals surface area contributed by atoms with Crippen molar-refractivity contribution in [3.63, 3.8) is 0 Å². The first kappa shape index (κ1) is 28.4. The number of rotatable bonds is 10. The lowest BCUT2D eigenvalue weighted by Gasteiger charge is -2.38. The smallest absolute Gasteiger partial charge is 0.346 e. The Morgan fingerprint density at radius 1 is 0.763 bits per heavy atom. The number of benzene rings is 2. The molecule has 0 spiro atoms. The maximum atomic E-state index is 14.6. The molecular weight excluding hydrogens is 496 g/mol. The van der Waals surface area contributed by atoms with Crippen molar-refractivity contribution in [2.45, 2.75) is 84.0 Å². The molecule has 7 heteroatoms. The highest BCUT2D eigenvalue weighted by molar-refractivity contribution is 5.91. The molecule has 0 heterocycles. The number of hydrogen-bond acceptors (Lipinski definition) is 3. The molecule has 208 valence electrons. The molecule has 2 aromatic carbocycles. The van der Waals surface area contributed by atoms with Gasteiger partial charge in [-0.05, 0) is 74.3 Å². The third-order valence-corrected chi connectivity index (χ3v) is 8.48. The average Bonchev–Trinajstić information content (AvgIpc) is 2.91. The Kier molecular flexibility index (Phi) is 10.1. The number of esters is 1. The van der Waals surface area contributed by atoms with E-state index in [0.717, 1.165) is 36.7 Å². The van der Waals surface area contributed by atoms with Gasteiger partial charge in [0, 0.05) is 18.2 Å². The van der Waals surface area contributed by atoms with Crippen molar-refractivity contribution in [3.8, 4) is 11.5 Å². The quantitative estimate of drug-likeness (QED) is 0.100. The van der Waals surface area contributed by atoms with E-state index in [1.807, 2.05) is 0 Å². The predicted octanol–water partition coefficient (Wildman–Crippen LogP) is 9.03. The molecule has 0 aromatic heterocycles. The van der Waals surface area contributed by atoms with E-state index in [-0.39, 0.29) is 0 Å². The van der Waals surface area contributed by atoms with Crippen molar-refractivity contribution >= 4 is 5.97 Å². The molecule has 0 atom stereocenters. The van der Waals surface area contributed by atoms with E-state index in [2.05, 4.69) is 6.92 Å². The highest BCUT2D eigenvalue weighted by Gasteiger charge is 2.31. The molecule has 4 rings (SSSR count). The van der Waals surface area contributed by atoms with E-state index in [0.29, 0.717) is 30.4 Å². The zero-order valence-corrected chi connectivity index (χ0v) is 22.1. The Bertz CT molecular complexity index is 1050. The SMILES string of the molecule is CCCCCC1CCC(C2CCC(COc3ccc(C(=O)Oc4cc(F)c(F)c(F)c4)c(F)c3)CC2)CC1.